The lowest BCUT2D eigenvalue weighted by Gasteiger charge is -2.09. The number of ether oxygens (including phenoxy) is 1. The van der Waals surface area contributed by atoms with E-state index >= 15 is 0 Å². The van der Waals surface area contributed by atoms with Gasteiger partial charge in [0.2, 0.25) is 0 Å². The molecule has 2 rings (SSSR count). The number of anilines is 1. The van der Waals surface area contributed by atoms with E-state index < -0.39 is 5.97 Å². The summed E-state index contributed by atoms with van der Waals surface area (Å²) >= 11 is 0. The zero-order chi connectivity index (χ0) is 15.9. The van der Waals surface area contributed by atoms with Crippen molar-refractivity contribution < 1.29 is 14.6 Å². The molecule has 2 aromatic carbocycles. The molecule has 0 aromatic heterocycles. The second kappa shape index (κ2) is 7.26. The normalized spacial score (nSPS) is 10.9. The van der Waals surface area contributed by atoms with Crippen LogP contribution in [0, 0.1) is 0 Å². The summed E-state index contributed by atoms with van der Waals surface area (Å²) in [5.41, 5.74) is 4.53. The molecule has 0 fully saturated rings. The van der Waals surface area contributed by atoms with Crippen LogP contribution in [0.2, 0.25) is 0 Å². The molecule has 0 amide bonds. The molecule has 0 aliphatic heterocycles. The Morgan fingerprint density at radius 3 is 2.73 bits per heavy atom. The Labute approximate surface area is 129 Å². The first-order chi connectivity index (χ1) is 10.5. The van der Waals surface area contributed by atoms with Gasteiger partial charge in [-0.25, -0.2) is 4.79 Å². The number of carboxylic acids is 1. The van der Waals surface area contributed by atoms with Gasteiger partial charge in [-0.05, 0) is 49.7 Å². The van der Waals surface area contributed by atoms with Crippen molar-refractivity contribution in [1.29, 1.82) is 0 Å². The highest BCUT2D eigenvalue weighted by atomic mass is 16.5. The number of carbonyl (C=O) groups is 1. The Morgan fingerprint density at radius 2 is 2.00 bits per heavy atom. The fraction of sp³-hybridized carbons (Fsp3) is 0.176. The maximum Gasteiger partial charge on any atom is 0.335 e. The predicted octanol–water partition coefficient (Wildman–Crippen LogP) is 3.62. The van der Waals surface area contributed by atoms with Gasteiger partial charge in [0.05, 0.1) is 23.6 Å². The summed E-state index contributed by atoms with van der Waals surface area (Å²) in [4.78, 5) is 10.9. The minimum Gasteiger partial charge on any atom is -0.491 e. The molecule has 22 heavy (non-hydrogen) atoms. The first-order valence-corrected chi connectivity index (χ1v) is 6.94. The van der Waals surface area contributed by atoms with E-state index in [9.17, 15) is 4.79 Å². The third-order valence-corrected chi connectivity index (χ3v) is 2.75. The summed E-state index contributed by atoms with van der Waals surface area (Å²) in [5.74, 6) is -0.182. The van der Waals surface area contributed by atoms with Crippen LogP contribution in [0.25, 0.3) is 0 Å². The summed E-state index contributed by atoms with van der Waals surface area (Å²) < 4.78 is 5.61. The highest BCUT2D eigenvalue weighted by Gasteiger charge is 2.02. The van der Waals surface area contributed by atoms with Crippen molar-refractivity contribution in [3.8, 4) is 5.75 Å². The molecule has 5 nitrogen and oxygen atoms in total. The molecule has 0 spiro atoms. The Hall–Kier alpha value is -2.82. The smallest absolute Gasteiger partial charge is 0.335 e. The molecular formula is C17H18N2O3. The average Bonchev–Trinajstić information content (AvgIpc) is 2.47. The van der Waals surface area contributed by atoms with Gasteiger partial charge < -0.3 is 9.84 Å². The number of rotatable bonds is 6. The first-order valence-electron chi connectivity index (χ1n) is 6.94. The zero-order valence-corrected chi connectivity index (χ0v) is 12.5. The Balaban J connectivity index is 2.03. The number of hydrazone groups is 1. The monoisotopic (exact) mass is 298 g/mol. The number of hydrogen-bond acceptors (Lipinski definition) is 4. The lowest BCUT2D eigenvalue weighted by molar-refractivity contribution is 0.0697. The quantitative estimate of drug-likeness (QED) is 0.631. The first kappa shape index (κ1) is 15.6. The molecule has 0 aliphatic rings. The molecule has 0 bridgehead atoms. The molecule has 0 unspecified atom stereocenters. The molecule has 5 heteroatoms. The van der Waals surface area contributed by atoms with E-state index in [0.717, 1.165) is 11.3 Å². The number of nitrogens with zero attached hydrogens (tertiary/aromatic N) is 1. The van der Waals surface area contributed by atoms with Crippen molar-refractivity contribution in [1.82, 2.24) is 0 Å². The minimum atomic E-state index is -0.967. The standard InChI is InChI=1S/C17H18N2O3/c1-12(2)22-16-8-3-5-13(9-16)11-18-19-15-7-4-6-14(10-15)17(20)21/h3-12,19H,1-2H3,(H,20,21). The SMILES string of the molecule is CC(C)Oc1cccc(C=NNc2cccc(C(=O)O)c2)c1. The van der Waals surface area contributed by atoms with Crippen LogP contribution >= 0.6 is 0 Å². The van der Waals surface area contributed by atoms with Crippen LogP contribution < -0.4 is 10.2 Å². The third kappa shape index (κ3) is 4.63. The number of benzene rings is 2. The van der Waals surface area contributed by atoms with E-state index in [0.29, 0.717) is 5.69 Å². The van der Waals surface area contributed by atoms with Gasteiger partial charge in [0.25, 0.3) is 0 Å². The number of hydrogen-bond donors (Lipinski definition) is 2. The average molecular weight is 298 g/mol. The topological polar surface area (TPSA) is 70.9 Å². The predicted molar refractivity (Wildman–Crippen MR) is 86.8 cm³/mol. The van der Waals surface area contributed by atoms with Crippen molar-refractivity contribution in [2.75, 3.05) is 5.43 Å². The molecule has 114 valence electrons. The fourth-order valence-corrected chi connectivity index (χ4v) is 1.84. The van der Waals surface area contributed by atoms with Crippen molar-refractivity contribution in [3.63, 3.8) is 0 Å². The fourth-order valence-electron chi connectivity index (χ4n) is 1.84. The van der Waals surface area contributed by atoms with Crippen molar-refractivity contribution in [2.45, 2.75) is 20.0 Å². The molecule has 0 aliphatic carbocycles. The molecular weight excluding hydrogens is 280 g/mol. The summed E-state index contributed by atoms with van der Waals surface area (Å²) in [6.07, 6.45) is 1.77. The van der Waals surface area contributed by atoms with E-state index in [2.05, 4.69) is 10.5 Å². The largest absolute Gasteiger partial charge is 0.491 e. The maximum absolute atomic E-state index is 10.9. The van der Waals surface area contributed by atoms with Crippen LogP contribution in [0.4, 0.5) is 5.69 Å². The van der Waals surface area contributed by atoms with Crippen LogP contribution in [-0.2, 0) is 0 Å². The van der Waals surface area contributed by atoms with Crippen LogP contribution in [-0.4, -0.2) is 23.4 Å². The Morgan fingerprint density at radius 1 is 1.23 bits per heavy atom. The Bertz CT molecular complexity index is 681. The van der Waals surface area contributed by atoms with E-state index in [-0.39, 0.29) is 11.7 Å². The second-order valence-electron chi connectivity index (χ2n) is 5.00. The van der Waals surface area contributed by atoms with Gasteiger partial charge in [0, 0.05) is 0 Å². The zero-order valence-electron chi connectivity index (χ0n) is 12.5. The van der Waals surface area contributed by atoms with Crippen LogP contribution in [0.1, 0.15) is 29.8 Å². The maximum atomic E-state index is 10.9. The lowest BCUT2D eigenvalue weighted by atomic mass is 10.2. The lowest BCUT2D eigenvalue weighted by Crippen LogP contribution is -2.05. The van der Waals surface area contributed by atoms with E-state index in [4.69, 9.17) is 9.84 Å². The Kier molecular flexibility index (Phi) is 5.14. The van der Waals surface area contributed by atoms with Gasteiger partial charge >= 0.3 is 5.97 Å². The van der Waals surface area contributed by atoms with Crippen molar-refractivity contribution in [2.24, 2.45) is 5.10 Å². The van der Waals surface area contributed by atoms with Gasteiger partial charge in [-0.1, -0.05) is 18.2 Å². The van der Waals surface area contributed by atoms with Gasteiger partial charge in [-0.3, -0.25) is 5.43 Å². The number of aromatic carboxylic acids is 1. The summed E-state index contributed by atoms with van der Waals surface area (Å²) in [7, 11) is 0. The van der Waals surface area contributed by atoms with Gasteiger partial charge in [-0.15, -0.1) is 0 Å². The molecule has 0 saturated heterocycles. The molecule has 2 aromatic rings. The summed E-state index contributed by atoms with van der Waals surface area (Å²) in [5, 5.41) is 13.0. The van der Waals surface area contributed by atoms with Gasteiger partial charge in [0.1, 0.15) is 5.75 Å². The van der Waals surface area contributed by atoms with Crippen LogP contribution in [0.15, 0.2) is 53.6 Å². The summed E-state index contributed by atoms with van der Waals surface area (Å²) in [6, 6.07) is 14.1. The molecule has 0 heterocycles. The van der Waals surface area contributed by atoms with Crippen molar-refractivity contribution in [3.05, 3.63) is 59.7 Å². The highest BCUT2D eigenvalue weighted by Crippen LogP contribution is 2.14. The van der Waals surface area contributed by atoms with Crippen molar-refractivity contribution >= 4 is 17.9 Å². The molecule has 2 N–H and O–H groups in total. The van der Waals surface area contributed by atoms with E-state index in [1.54, 1.807) is 18.3 Å². The molecule has 0 atom stereocenters. The minimum absolute atomic E-state index is 0.115. The van der Waals surface area contributed by atoms with E-state index in [1.165, 1.54) is 12.1 Å². The van der Waals surface area contributed by atoms with E-state index in [1.807, 2.05) is 38.1 Å². The molecule has 0 saturated carbocycles. The van der Waals surface area contributed by atoms with Crippen LogP contribution in [0.5, 0.6) is 5.75 Å². The number of carboxylic acid groups (broad SMARTS) is 1. The third-order valence-electron chi connectivity index (χ3n) is 2.75. The second-order valence-corrected chi connectivity index (χ2v) is 5.00. The molecule has 0 radical (unpaired) electrons. The van der Waals surface area contributed by atoms with Gasteiger partial charge in [-0.2, -0.15) is 5.10 Å². The highest BCUT2D eigenvalue weighted by molar-refractivity contribution is 5.88. The summed E-state index contributed by atoms with van der Waals surface area (Å²) in [6.45, 7) is 3.94. The number of nitrogens with one attached hydrogen (secondary N) is 1. The van der Waals surface area contributed by atoms with Crippen LogP contribution in [0.3, 0.4) is 0 Å². The van der Waals surface area contributed by atoms with Gasteiger partial charge in [0.15, 0.2) is 0 Å².